The summed E-state index contributed by atoms with van der Waals surface area (Å²) >= 11 is 6.13. The minimum absolute atomic E-state index is 0.0785. The molecule has 0 bridgehead atoms. The molecule has 2 amide bonds. The number of benzene rings is 2. The second-order valence-electron chi connectivity index (χ2n) is 8.26. The number of hydrogen-bond acceptors (Lipinski definition) is 5. The summed E-state index contributed by atoms with van der Waals surface area (Å²) in [6.07, 6.45) is 9.53. The van der Waals surface area contributed by atoms with Gasteiger partial charge in [0.2, 0.25) is 5.91 Å². The molecule has 1 aliphatic rings. The van der Waals surface area contributed by atoms with Crippen LogP contribution in [0.1, 0.15) is 54.2 Å². The molecule has 0 saturated heterocycles. The topological polar surface area (TPSA) is 84.4 Å². The van der Waals surface area contributed by atoms with Gasteiger partial charge in [0.1, 0.15) is 17.5 Å². The van der Waals surface area contributed by atoms with E-state index in [1.54, 1.807) is 55.6 Å². The van der Waals surface area contributed by atoms with E-state index in [1.807, 2.05) is 0 Å². The van der Waals surface area contributed by atoms with Crippen LogP contribution >= 0.6 is 11.6 Å². The highest BCUT2D eigenvalue weighted by atomic mass is 35.5. The molecular weight excluding hydrogens is 452 g/mol. The van der Waals surface area contributed by atoms with Crippen molar-refractivity contribution in [1.29, 1.82) is 0 Å². The van der Waals surface area contributed by atoms with Crippen molar-refractivity contribution in [3.05, 3.63) is 83.4 Å². The van der Waals surface area contributed by atoms with Crippen LogP contribution in [0.3, 0.4) is 0 Å². The summed E-state index contributed by atoms with van der Waals surface area (Å²) in [5, 5.41) is 3.73. The van der Waals surface area contributed by atoms with Crippen molar-refractivity contribution in [3.63, 3.8) is 0 Å². The Labute approximate surface area is 204 Å². The fourth-order valence-electron chi connectivity index (χ4n) is 4.27. The smallest absolute Gasteiger partial charge is 0.279 e. The zero-order valence-corrected chi connectivity index (χ0v) is 19.7. The maximum absolute atomic E-state index is 13.8. The van der Waals surface area contributed by atoms with Crippen LogP contribution in [0.15, 0.2) is 67.1 Å². The Morgan fingerprint density at radius 2 is 1.85 bits per heavy atom. The van der Waals surface area contributed by atoms with Gasteiger partial charge in [-0.3, -0.25) is 19.5 Å². The molecule has 1 heterocycles. The monoisotopic (exact) mass is 478 g/mol. The van der Waals surface area contributed by atoms with Crippen molar-refractivity contribution in [2.75, 3.05) is 12.0 Å². The highest BCUT2D eigenvalue weighted by Crippen LogP contribution is 2.32. The third kappa shape index (κ3) is 5.54. The van der Waals surface area contributed by atoms with E-state index in [2.05, 4.69) is 15.3 Å². The number of hydrogen-bond donors (Lipinski definition) is 1. The van der Waals surface area contributed by atoms with Gasteiger partial charge in [-0.05, 0) is 42.7 Å². The van der Waals surface area contributed by atoms with E-state index in [0.29, 0.717) is 22.0 Å². The summed E-state index contributed by atoms with van der Waals surface area (Å²) in [6, 6.07) is 13.2. The Morgan fingerprint density at radius 3 is 2.53 bits per heavy atom. The van der Waals surface area contributed by atoms with E-state index >= 15 is 0 Å². The van der Waals surface area contributed by atoms with Crippen LogP contribution in [0.25, 0.3) is 0 Å². The van der Waals surface area contributed by atoms with E-state index in [-0.39, 0.29) is 17.6 Å². The minimum Gasteiger partial charge on any atom is -0.497 e. The van der Waals surface area contributed by atoms with Crippen LogP contribution in [0, 0.1) is 0 Å². The maximum atomic E-state index is 13.8. The first-order chi connectivity index (χ1) is 16.6. The molecule has 8 heteroatoms. The lowest BCUT2D eigenvalue weighted by Gasteiger charge is -2.33. The molecule has 0 spiro atoms. The van der Waals surface area contributed by atoms with E-state index in [0.717, 1.165) is 25.7 Å². The Kier molecular flexibility index (Phi) is 7.75. The molecule has 1 aliphatic carbocycles. The summed E-state index contributed by atoms with van der Waals surface area (Å²) in [5.41, 5.74) is 1.28. The lowest BCUT2D eigenvalue weighted by Crippen LogP contribution is -2.47. The number of carbonyl (C=O) groups is 2. The average Bonchev–Trinajstić information content (AvgIpc) is 2.88. The second-order valence-corrected chi connectivity index (χ2v) is 8.70. The number of aromatic nitrogens is 2. The van der Waals surface area contributed by atoms with E-state index < -0.39 is 11.9 Å². The number of amides is 2. The number of anilines is 1. The number of halogens is 1. The minimum atomic E-state index is -0.944. The quantitative estimate of drug-likeness (QED) is 0.518. The summed E-state index contributed by atoms with van der Waals surface area (Å²) in [6.45, 7) is 0. The summed E-state index contributed by atoms with van der Waals surface area (Å²) in [7, 11) is 1.56. The Morgan fingerprint density at radius 1 is 1.09 bits per heavy atom. The van der Waals surface area contributed by atoms with Crippen LogP contribution in [0.2, 0.25) is 5.02 Å². The molecule has 1 unspecified atom stereocenters. The van der Waals surface area contributed by atoms with Gasteiger partial charge >= 0.3 is 0 Å². The molecule has 2 aromatic carbocycles. The van der Waals surface area contributed by atoms with Gasteiger partial charge in [0.25, 0.3) is 5.91 Å². The molecule has 34 heavy (non-hydrogen) atoms. The average molecular weight is 479 g/mol. The number of nitrogens with zero attached hydrogens (tertiary/aromatic N) is 3. The largest absolute Gasteiger partial charge is 0.497 e. The molecule has 4 rings (SSSR count). The van der Waals surface area contributed by atoms with Crippen LogP contribution in [-0.2, 0) is 4.79 Å². The molecule has 1 aromatic heterocycles. The van der Waals surface area contributed by atoms with Gasteiger partial charge < -0.3 is 10.1 Å². The maximum Gasteiger partial charge on any atom is 0.279 e. The molecule has 1 atom stereocenters. The number of ether oxygens (including phenoxy) is 1. The predicted molar refractivity (Wildman–Crippen MR) is 131 cm³/mol. The lowest BCUT2D eigenvalue weighted by atomic mass is 9.94. The van der Waals surface area contributed by atoms with Gasteiger partial charge in [0.15, 0.2) is 0 Å². The van der Waals surface area contributed by atoms with Gasteiger partial charge in [0.05, 0.1) is 13.3 Å². The normalized spacial score (nSPS) is 14.8. The molecule has 176 valence electrons. The predicted octanol–water partition coefficient (Wildman–Crippen LogP) is 4.98. The molecular formula is C26H27ClN4O3. The molecule has 0 radical (unpaired) electrons. The van der Waals surface area contributed by atoms with Gasteiger partial charge in [-0.15, -0.1) is 0 Å². The molecule has 1 saturated carbocycles. The van der Waals surface area contributed by atoms with Crippen LogP contribution < -0.4 is 15.0 Å². The number of carbonyl (C=O) groups excluding carboxylic acids is 2. The third-order valence-electron chi connectivity index (χ3n) is 5.98. The Hall–Kier alpha value is -3.45. The standard InChI is InChI=1S/C26H27ClN4O3/c1-34-22-9-5-8-21(16-22)31(26(33)23-17-28-14-15-29-23)24(18-10-12-19(27)13-11-18)25(32)30-20-6-3-2-4-7-20/h5,8-17,20,24H,2-4,6-7H2,1H3,(H,30,32). The van der Waals surface area contributed by atoms with Crippen molar-refractivity contribution < 1.29 is 14.3 Å². The first-order valence-electron chi connectivity index (χ1n) is 11.4. The van der Waals surface area contributed by atoms with Gasteiger partial charge in [-0.1, -0.05) is 49.1 Å². The number of rotatable bonds is 7. The van der Waals surface area contributed by atoms with Crippen molar-refractivity contribution in [2.45, 2.75) is 44.2 Å². The van der Waals surface area contributed by atoms with Crippen LogP contribution in [-0.4, -0.2) is 34.9 Å². The van der Waals surface area contributed by atoms with Gasteiger partial charge in [0, 0.05) is 35.2 Å². The molecule has 1 N–H and O–H groups in total. The SMILES string of the molecule is COc1cccc(N(C(=O)c2cnccn2)C(C(=O)NC2CCCCC2)c2ccc(Cl)cc2)c1. The van der Waals surface area contributed by atoms with Crippen LogP contribution in [0.4, 0.5) is 5.69 Å². The summed E-state index contributed by atoms with van der Waals surface area (Å²) in [5.74, 6) is -0.133. The van der Waals surface area contributed by atoms with E-state index in [9.17, 15) is 9.59 Å². The van der Waals surface area contributed by atoms with Gasteiger partial charge in [-0.25, -0.2) is 4.98 Å². The van der Waals surface area contributed by atoms with Crippen molar-refractivity contribution in [1.82, 2.24) is 15.3 Å². The molecule has 0 aliphatic heterocycles. The fraction of sp³-hybridized carbons (Fsp3) is 0.308. The van der Waals surface area contributed by atoms with Crippen molar-refractivity contribution >= 4 is 29.1 Å². The van der Waals surface area contributed by atoms with E-state index in [4.69, 9.17) is 16.3 Å². The molecule has 7 nitrogen and oxygen atoms in total. The first kappa shape index (κ1) is 23.7. The highest BCUT2D eigenvalue weighted by Gasteiger charge is 2.35. The van der Waals surface area contributed by atoms with E-state index in [1.165, 1.54) is 29.9 Å². The molecule has 1 fully saturated rings. The first-order valence-corrected chi connectivity index (χ1v) is 11.7. The van der Waals surface area contributed by atoms with Gasteiger partial charge in [-0.2, -0.15) is 0 Å². The Bertz CT molecular complexity index is 1120. The Balaban J connectivity index is 1.81. The number of methoxy groups -OCH3 is 1. The summed E-state index contributed by atoms with van der Waals surface area (Å²) in [4.78, 5) is 37.3. The molecule has 3 aromatic rings. The zero-order valence-electron chi connectivity index (χ0n) is 19.0. The third-order valence-corrected chi connectivity index (χ3v) is 6.23. The zero-order chi connectivity index (χ0) is 23.9. The van der Waals surface area contributed by atoms with Crippen molar-refractivity contribution in [3.8, 4) is 5.75 Å². The van der Waals surface area contributed by atoms with Crippen molar-refractivity contribution in [2.24, 2.45) is 0 Å². The lowest BCUT2D eigenvalue weighted by molar-refractivity contribution is -0.123. The number of nitrogens with one attached hydrogen (secondary N) is 1. The second kappa shape index (κ2) is 11.1. The summed E-state index contributed by atoms with van der Waals surface area (Å²) < 4.78 is 5.39. The van der Waals surface area contributed by atoms with Crippen LogP contribution in [0.5, 0.6) is 5.75 Å². The fourth-order valence-corrected chi connectivity index (χ4v) is 4.39. The highest BCUT2D eigenvalue weighted by molar-refractivity contribution is 6.30.